The highest BCUT2D eigenvalue weighted by Gasteiger charge is 2.22. The summed E-state index contributed by atoms with van der Waals surface area (Å²) in [7, 11) is 0. The molecule has 1 amide bonds. The molecule has 4 heteroatoms. The van der Waals surface area contributed by atoms with Crippen LogP contribution < -0.4 is 5.32 Å². The SMILES string of the molecule is O=C(NC1CCCCC1)C(Cl)c1ccc(I)cc1. The minimum absolute atomic E-state index is 0.0650. The third-order valence-electron chi connectivity index (χ3n) is 3.34. The van der Waals surface area contributed by atoms with Crippen LogP contribution in [0.3, 0.4) is 0 Å². The Kier molecular flexibility index (Phi) is 5.30. The summed E-state index contributed by atoms with van der Waals surface area (Å²) < 4.78 is 1.15. The molecule has 2 rings (SSSR count). The Bertz CT molecular complexity index is 401. The van der Waals surface area contributed by atoms with Gasteiger partial charge < -0.3 is 5.32 Å². The third kappa shape index (κ3) is 3.85. The molecule has 1 unspecified atom stereocenters. The molecule has 18 heavy (non-hydrogen) atoms. The van der Waals surface area contributed by atoms with Crippen LogP contribution in [0, 0.1) is 3.57 Å². The number of amides is 1. The van der Waals surface area contributed by atoms with Gasteiger partial charge in [0.1, 0.15) is 5.38 Å². The maximum Gasteiger partial charge on any atom is 0.242 e. The first-order valence-electron chi connectivity index (χ1n) is 6.37. The molecule has 0 bridgehead atoms. The van der Waals surface area contributed by atoms with E-state index in [9.17, 15) is 4.79 Å². The van der Waals surface area contributed by atoms with Crippen molar-refractivity contribution in [3.63, 3.8) is 0 Å². The van der Waals surface area contributed by atoms with E-state index >= 15 is 0 Å². The highest BCUT2D eigenvalue weighted by molar-refractivity contribution is 14.1. The van der Waals surface area contributed by atoms with E-state index in [1.807, 2.05) is 24.3 Å². The molecular weight excluding hydrogens is 361 g/mol. The summed E-state index contributed by atoms with van der Waals surface area (Å²) in [6, 6.07) is 8.09. The average Bonchev–Trinajstić information content (AvgIpc) is 2.40. The van der Waals surface area contributed by atoms with E-state index in [1.165, 1.54) is 19.3 Å². The van der Waals surface area contributed by atoms with Crippen molar-refractivity contribution < 1.29 is 4.79 Å². The van der Waals surface area contributed by atoms with Crippen LogP contribution in [0.25, 0.3) is 0 Å². The summed E-state index contributed by atoms with van der Waals surface area (Å²) in [4.78, 5) is 12.1. The van der Waals surface area contributed by atoms with E-state index in [1.54, 1.807) is 0 Å². The van der Waals surface area contributed by atoms with Gasteiger partial charge in [-0.15, -0.1) is 11.6 Å². The fourth-order valence-electron chi connectivity index (χ4n) is 2.30. The predicted molar refractivity (Wildman–Crippen MR) is 82.8 cm³/mol. The minimum atomic E-state index is -0.580. The number of rotatable bonds is 3. The topological polar surface area (TPSA) is 29.1 Å². The van der Waals surface area contributed by atoms with Crippen molar-refractivity contribution in [3.05, 3.63) is 33.4 Å². The van der Waals surface area contributed by atoms with Crippen LogP contribution in [0.5, 0.6) is 0 Å². The summed E-state index contributed by atoms with van der Waals surface area (Å²) >= 11 is 8.45. The second-order valence-corrected chi connectivity index (χ2v) is 6.44. The van der Waals surface area contributed by atoms with Crippen LogP contribution in [-0.4, -0.2) is 11.9 Å². The summed E-state index contributed by atoms with van der Waals surface area (Å²) in [5.74, 6) is -0.0650. The van der Waals surface area contributed by atoms with Gasteiger partial charge in [0.2, 0.25) is 5.91 Å². The van der Waals surface area contributed by atoms with Gasteiger partial charge in [0, 0.05) is 9.61 Å². The number of hydrogen-bond acceptors (Lipinski definition) is 1. The summed E-state index contributed by atoms with van der Waals surface area (Å²) in [5, 5.41) is 2.48. The molecule has 1 aromatic rings. The maximum absolute atomic E-state index is 12.1. The molecule has 0 spiro atoms. The molecule has 1 aliphatic rings. The van der Waals surface area contributed by atoms with E-state index < -0.39 is 5.38 Å². The Balaban J connectivity index is 1.93. The molecule has 0 radical (unpaired) electrons. The Morgan fingerprint density at radius 2 is 1.83 bits per heavy atom. The van der Waals surface area contributed by atoms with E-state index in [0.717, 1.165) is 22.0 Å². The molecule has 1 aromatic carbocycles. The molecule has 1 saturated carbocycles. The minimum Gasteiger partial charge on any atom is -0.352 e. The van der Waals surface area contributed by atoms with Crippen molar-refractivity contribution in [1.29, 1.82) is 0 Å². The number of halogens is 2. The molecule has 1 aliphatic carbocycles. The molecule has 98 valence electrons. The van der Waals surface area contributed by atoms with E-state index in [2.05, 4.69) is 27.9 Å². The van der Waals surface area contributed by atoms with Crippen LogP contribution in [0.4, 0.5) is 0 Å². The van der Waals surface area contributed by atoms with Crippen LogP contribution in [0.15, 0.2) is 24.3 Å². The number of nitrogens with one attached hydrogen (secondary N) is 1. The first-order valence-corrected chi connectivity index (χ1v) is 7.88. The van der Waals surface area contributed by atoms with Crippen molar-refractivity contribution in [2.75, 3.05) is 0 Å². The van der Waals surface area contributed by atoms with Gasteiger partial charge >= 0.3 is 0 Å². The molecule has 0 aromatic heterocycles. The molecule has 0 saturated heterocycles. The quantitative estimate of drug-likeness (QED) is 0.625. The molecule has 2 nitrogen and oxygen atoms in total. The van der Waals surface area contributed by atoms with Crippen molar-refractivity contribution in [3.8, 4) is 0 Å². The van der Waals surface area contributed by atoms with Gasteiger partial charge in [-0.2, -0.15) is 0 Å². The Labute approximate surface area is 127 Å². The zero-order valence-corrected chi connectivity index (χ0v) is 13.1. The monoisotopic (exact) mass is 377 g/mol. The smallest absolute Gasteiger partial charge is 0.242 e. The Morgan fingerprint density at radius 3 is 2.44 bits per heavy atom. The van der Waals surface area contributed by atoms with E-state index in [4.69, 9.17) is 11.6 Å². The lowest BCUT2D eigenvalue weighted by Crippen LogP contribution is -2.38. The van der Waals surface area contributed by atoms with Gasteiger partial charge in [-0.3, -0.25) is 4.79 Å². The Morgan fingerprint density at radius 1 is 1.22 bits per heavy atom. The predicted octanol–water partition coefficient (Wildman–Crippen LogP) is 4.02. The van der Waals surface area contributed by atoms with Crippen LogP contribution in [0.1, 0.15) is 43.0 Å². The lowest BCUT2D eigenvalue weighted by Gasteiger charge is -2.24. The highest BCUT2D eigenvalue weighted by Crippen LogP contribution is 2.23. The van der Waals surface area contributed by atoms with Crippen molar-refractivity contribution in [2.45, 2.75) is 43.5 Å². The molecule has 1 N–H and O–H groups in total. The first-order chi connectivity index (χ1) is 8.66. The standard InChI is InChI=1S/C14H17ClINO/c15-13(10-6-8-11(16)9-7-10)14(18)17-12-4-2-1-3-5-12/h6-9,12-13H,1-5H2,(H,17,18). The zero-order valence-electron chi connectivity index (χ0n) is 10.2. The fourth-order valence-corrected chi connectivity index (χ4v) is 2.87. The van der Waals surface area contributed by atoms with Crippen molar-refractivity contribution >= 4 is 40.1 Å². The molecule has 0 aliphatic heterocycles. The fraction of sp³-hybridized carbons (Fsp3) is 0.500. The molecular formula is C14H17ClINO. The van der Waals surface area contributed by atoms with Gasteiger partial charge in [-0.25, -0.2) is 0 Å². The van der Waals surface area contributed by atoms with Gasteiger partial charge in [-0.1, -0.05) is 31.4 Å². The number of benzene rings is 1. The van der Waals surface area contributed by atoms with E-state index in [-0.39, 0.29) is 5.91 Å². The maximum atomic E-state index is 12.1. The number of carbonyl (C=O) groups excluding carboxylic acids is 1. The van der Waals surface area contributed by atoms with Gasteiger partial charge in [0.05, 0.1) is 0 Å². The van der Waals surface area contributed by atoms with Crippen LogP contribution in [0.2, 0.25) is 0 Å². The van der Waals surface area contributed by atoms with Gasteiger partial charge in [-0.05, 0) is 53.1 Å². The number of hydrogen-bond donors (Lipinski definition) is 1. The van der Waals surface area contributed by atoms with Crippen molar-refractivity contribution in [2.24, 2.45) is 0 Å². The van der Waals surface area contributed by atoms with E-state index in [0.29, 0.717) is 6.04 Å². The summed E-state index contributed by atoms with van der Waals surface area (Å²) in [6.45, 7) is 0. The average molecular weight is 378 g/mol. The zero-order chi connectivity index (χ0) is 13.0. The summed E-state index contributed by atoms with van der Waals surface area (Å²) in [6.07, 6.45) is 5.88. The molecule has 0 heterocycles. The second kappa shape index (κ2) is 6.75. The lowest BCUT2D eigenvalue weighted by atomic mass is 9.95. The van der Waals surface area contributed by atoms with Gasteiger partial charge in [0.15, 0.2) is 0 Å². The summed E-state index contributed by atoms with van der Waals surface area (Å²) in [5.41, 5.74) is 0.866. The Hall–Kier alpha value is -0.290. The number of carbonyl (C=O) groups is 1. The molecule has 1 fully saturated rings. The third-order valence-corrected chi connectivity index (χ3v) is 4.51. The first kappa shape index (κ1) is 14.1. The van der Waals surface area contributed by atoms with Crippen molar-refractivity contribution in [1.82, 2.24) is 5.32 Å². The molecule has 1 atom stereocenters. The van der Waals surface area contributed by atoms with Crippen LogP contribution in [-0.2, 0) is 4.79 Å². The largest absolute Gasteiger partial charge is 0.352 e. The normalized spacial score (nSPS) is 18.3. The lowest BCUT2D eigenvalue weighted by molar-refractivity contribution is -0.121. The highest BCUT2D eigenvalue weighted by atomic mass is 127. The second-order valence-electron chi connectivity index (χ2n) is 4.76. The van der Waals surface area contributed by atoms with Crippen LogP contribution >= 0.6 is 34.2 Å². The van der Waals surface area contributed by atoms with Gasteiger partial charge in [0.25, 0.3) is 0 Å². The number of alkyl halides is 1.